The van der Waals surface area contributed by atoms with Gasteiger partial charge in [-0.3, -0.25) is 4.55 Å². The Morgan fingerprint density at radius 2 is 0.762 bits per heavy atom. The van der Waals surface area contributed by atoms with E-state index >= 15 is 0 Å². The first-order valence-corrected chi connectivity index (χ1v) is 19.7. The lowest BCUT2D eigenvalue weighted by Gasteiger charge is -2.36. The highest BCUT2D eigenvalue weighted by Crippen LogP contribution is 2.28. The predicted molar refractivity (Wildman–Crippen MR) is 180 cm³/mol. The third-order valence-corrected chi connectivity index (χ3v) is 9.40. The van der Waals surface area contributed by atoms with Crippen LogP contribution >= 0.6 is 0 Å². The molecule has 42 heavy (non-hydrogen) atoms. The summed E-state index contributed by atoms with van der Waals surface area (Å²) in [4.78, 5) is 0. The van der Waals surface area contributed by atoms with Crippen molar-refractivity contribution < 1.29 is 22.4 Å². The van der Waals surface area contributed by atoms with Crippen LogP contribution in [0.2, 0.25) is 0 Å². The summed E-state index contributed by atoms with van der Waals surface area (Å²) in [6, 6.07) is 0. The fourth-order valence-corrected chi connectivity index (χ4v) is 6.41. The Morgan fingerprint density at radius 3 is 0.976 bits per heavy atom. The van der Waals surface area contributed by atoms with E-state index in [1.807, 2.05) is 0 Å². The van der Waals surface area contributed by atoms with Gasteiger partial charge in [-0.15, -0.1) is 0 Å². The van der Waals surface area contributed by atoms with Gasteiger partial charge in [0.15, 0.2) is 0 Å². The van der Waals surface area contributed by atoms with Crippen LogP contribution in [-0.2, 0) is 14.7 Å². The summed E-state index contributed by atoms with van der Waals surface area (Å²) in [6.45, 7) is 6.22. The zero-order valence-corrected chi connectivity index (χ0v) is 29.1. The second-order valence-corrected chi connectivity index (χ2v) is 14.2. The fourth-order valence-electron chi connectivity index (χ4n) is 6.14. The van der Waals surface area contributed by atoms with Crippen molar-refractivity contribution in [2.45, 2.75) is 225 Å². The summed E-state index contributed by atoms with van der Waals surface area (Å²) in [6.07, 6.45) is 36.2. The number of aliphatic hydroxyl groups excluding tert-OH is 1. The highest BCUT2D eigenvalue weighted by atomic mass is 32.3. The second-order valence-electron chi connectivity index (χ2n) is 13.1. The minimum absolute atomic E-state index is 0.622. The normalized spacial score (nSPS) is 13.2. The van der Waals surface area contributed by atoms with E-state index in [1.54, 1.807) is 6.92 Å². The number of hydrogen-bond acceptors (Lipinski definition) is 5. The van der Waals surface area contributed by atoms with Crippen molar-refractivity contribution in [3.63, 3.8) is 0 Å². The summed E-state index contributed by atoms with van der Waals surface area (Å²) < 4.78 is 36.4. The van der Waals surface area contributed by atoms with E-state index in [2.05, 4.69) is 23.6 Å². The lowest BCUT2D eigenvalue weighted by molar-refractivity contribution is -0.0206. The summed E-state index contributed by atoms with van der Waals surface area (Å²) in [5.41, 5.74) is 1.71. The molecular formula is C35H73NO5S. The lowest BCUT2D eigenvalue weighted by Crippen LogP contribution is -2.54. The molecule has 0 aliphatic heterocycles. The molecule has 0 aromatic heterocycles. The van der Waals surface area contributed by atoms with Crippen molar-refractivity contribution in [3.8, 4) is 0 Å². The Morgan fingerprint density at radius 1 is 0.524 bits per heavy atom. The van der Waals surface area contributed by atoms with E-state index in [1.165, 1.54) is 141 Å². The largest absolute Gasteiger partial charge is 0.413 e. The number of aliphatic hydroxyl groups is 1. The van der Waals surface area contributed by atoms with Crippen LogP contribution in [-0.4, -0.2) is 29.7 Å². The van der Waals surface area contributed by atoms with Crippen molar-refractivity contribution in [1.29, 1.82) is 0 Å². The van der Waals surface area contributed by atoms with Gasteiger partial charge in [-0.05, 0) is 19.8 Å². The zero-order valence-electron chi connectivity index (χ0n) is 28.3. The number of hydrogen-bond donors (Lipinski definition) is 3. The van der Waals surface area contributed by atoms with Crippen LogP contribution in [0.5, 0.6) is 0 Å². The molecule has 254 valence electrons. The maximum atomic E-state index is 11.3. The van der Waals surface area contributed by atoms with Crippen molar-refractivity contribution in [2.75, 3.05) is 0 Å². The van der Waals surface area contributed by atoms with Gasteiger partial charge in [0.1, 0.15) is 0 Å². The molecule has 0 aromatic carbocycles. The smallest absolute Gasteiger partial charge is 0.391 e. The molecule has 0 bridgehead atoms. The topological polar surface area (TPSA) is 95.9 Å². The van der Waals surface area contributed by atoms with Crippen LogP contribution in [0.25, 0.3) is 0 Å². The molecule has 0 aromatic rings. The van der Waals surface area contributed by atoms with Gasteiger partial charge in [0.2, 0.25) is 0 Å². The molecule has 7 heteroatoms. The number of hydroxylamine groups is 1. The minimum atomic E-state index is -4.63. The molecule has 0 saturated heterocycles. The molecule has 0 radical (unpaired) electrons. The maximum absolute atomic E-state index is 11.3. The molecule has 0 spiro atoms. The first-order valence-electron chi connectivity index (χ1n) is 18.4. The molecule has 6 nitrogen and oxygen atoms in total. The van der Waals surface area contributed by atoms with Gasteiger partial charge in [-0.25, -0.2) is 0 Å². The fraction of sp³-hybridized carbons (Fsp3) is 1.00. The van der Waals surface area contributed by atoms with E-state index in [0.717, 1.165) is 38.5 Å². The molecule has 0 aliphatic rings. The maximum Gasteiger partial charge on any atom is 0.413 e. The highest BCUT2D eigenvalue weighted by Gasteiger charge is 2.36. The van der Waals surface area contributed by atoms with E-state index in [9.17, 15) is 13.5 Å². The summed E-state index contributed by atoms with van der Waals surface area (Å²) in [7, 11) is -4.63. The summed E-state index contributed by atoms with van der Waals surface area (Å²) in [5, 5.41) is 10.6. The van der Waals surface area contributed by atoms with Gasteiger partial charge in [0.05, 0.1) is 11.6 Å². The first-order chi connectivity index (χ1) is 20.3. The van der Waals surface area contributed by atoms with E-state index < -0.39 is 22.0 Å². The van der Waals surface area contributed by atoms with E-state index in [0.29, 0.717) is 12.8 Å². The Balaban J connectivity index is 4.14. The molecule has 0 heterocycles. The summed E-state index contributed by atoms with van der Waals surface area (Å²) in [5.74, 6) is 0. The van der Waals surface area contributed by atoms with E-state index in [4.69, 9.17) is 4.55 Å². The minimum Gasteiger partial charge on any atom is -0.391 e. The molecule has 0 fully saturated rings. The lowest BCUT2D eigenvalue weighted by atomic mass is 9.82. The van der Waals surface area contributed by atoms with Crippen LogP contribution in [0.1, 0.15) is 213 Å². The molecule has 0 rings (SSSR count). The van der Waals surface area contributed by atoms with Crippen LogP contribution < -0.4 is 5.48 Å². The number of rotatable bonds is 34. The Labute approximate surface area is 262 Å². The van der Waals surface area contributed by atoms with Gasteiger partial charge in [-0.2, -0.15) is 18.2 Å². The van der Waals surface area contributed by atoms with Crippen molar-refractivity contribution >= 4 is 10.4 Å². The van der Waals surface area contributed by atoms with E-state index in [-0.39, 0.29) is 0 Å². The van der Waals surface area contributed by atoms with Crippen LogP contribution in [0.3, 0.4) is 0 Å². The summed E-state index contributed by atoms with van der Waals surface area (Å²) >= 11 is 0. The highest BCUT2D eigenvalue weighted by molar-refractivity contribution is 7.80. The molecule has 0 amide bonds. The average molecular weight is 620 g/mol. The van der Waals surface area contributed by atoms with Crippen LogP contribution in [0.4, 0.5) is 0 Å². The second kappa shape index (κ2) is 29.5. The SMILES string of the molecule is CCCCCCCCCCCCCCCCC(CCCCCCCCCCCCCCCC)(NOS(=O)(=O)O)C(C)O. The van der Waals surface area contributed by atoms with Crippen molar-refractivity contribution in [1.82, 2.24) is 5.48 Å². The molecule has 0 saturated carbocycles. The number of unbranched alkanes of at least 4 members (excludes halogenated alkanes) is 26. The standard InChI is InChI=1S/C35H73NO5S/c1-4-6-8-10-12-14-16-18-20-22-24-26-28-30-32-35(34(3)37,36-41-42(38,39)40)33-31-29-27-25-23-21-19-17-15-13-11-9-7-5-2/h34,36-37H,4-33H2,1-3H3,(H,38,39,40). The van der Waals surface area contributed by atoms with Gasteiger partial charge in [-0.1, -0.05) is 194 Å². The molecule has 1 atom stereocenters. The first kappa shape index (κ1) is 41.8. The molecule has 3 N–H and O–H groups in total. The van der Waals surface area contributed by atoms with Gasteiger partial charge < -0.3 is 5.11 Å². The van der Waals surface area contributed by atoms with Gasteiger partial charge in [0, 0.05) is 0 Å². The zero-order chi connectivity index (χ0) is 31.2. The van der Waals surface area contributed by atoms with Gasteiger partial charge in [0.25, 0.3) is 0 Å². The Kier molecular flexibility index (Phi) is 29.4. The average Bonchev–Trinajstić information content (AvgIpc) is 2.95. The predicted octanol–water partition coefficient (Wildman–Crippen LogP) is 11.2. The molecule has 0 aliphatic carbocycles. The van der Waals surface area contributed by atoms with Gasteiger partial charge >= 0.3 is 10.4 Å². The third-order valence-electron chi connectivity index (χ3n) is 9.10. The molecule has 1 unspecified atom stereocenters. The van der Waals surface area contributed by atoms with Crippen LogP contribution in [0.15, 0.2) is 0 Å². The van der Waals surface area contributed by atoms with Crippen molar-refractivity contribution in [2.24, 2.45) is 0 Å². The van der Waals surface area contributed by atoms with Crippen molar-refractivity contribution in [3.05, 3.63) is 0 Å². The number of nitrogens with one attached hydrogen (secondary N) is 1. The Bertz CT molecular complexity index is 624. The monoisotopic (exact) mass is 620 g/mol. The molecular weight excluding hydrogens is 546 g/mol. The van der Waals surface area contributed by atoms with Crippen LogP contribution in [0, 0.1) is 0 Å². The third kappa shape index (κ3) is 27.3. The quantitative estimate of drug-likeness (QED) is 0.0377. The Hall–Kier alpha value is -0.210.